The number of carbonyl (C=O) groups is 1. The van der Waals surface area contributed by atoms with Gasteiger partial charge in [0, 0.05) is 18.0 Å². The molecule has 0 aromatic heterocycles. The second-order valence-corrected chi connectivity index (χ2v) is 7.40. The number of carbonyl (C=O) groups excluding carboxylic acids is 1. The summed E-state index contributed by atoms with van der Waals surface area (Å²) in [4.78, 5) is 11.0. The van der Waals surface area contributed by atoms with Gasteiger partial charge in [0.05, 0.1) is 19.8 Å². The fourth-order valence-corrected chi connectivity index (χ4v) is 4.31. The van der Waals surface area contributed by atoms with Crippen molar-refractivity contribution < 1.29 is 19.4 Å². The van der Waals surface area contributed by atoms with Crippen LogP contribution in [0.1, 0.15) is 35.6 Å². The average molecular weight is 378 g/mol. The molecule has 4 rings (SSSR count). The summed E-state index contributed by atoms with van der Waals surface area (Å²) in [6.07, 6.45) is 4.06. The number of hydrogen-bond acceptors (Lipinski definition) is 5. The van der Waals surface area contributed by atoms with E-state index in [1.165, 1.54) is 5.56 Å². The van der Waals surface area contributed by atoms with Crippen molar-refractivity contribution in [3.63, 3.8) is 0 Å². The lowest BCUT2D eigenvalue weighted by atomic mass is 9.81. The van der Waals surface area contributed by atoms with Gasteiger partial charge in [-0.15, -0.1) is 0 Å². The van der Waals surface area contributed by atoms with Gasteiger partial charge in [-0.1, -0.05) is 36.4 Å². The van der Waals surface area contributed by atoms with Crippen molar-refractivity contribution in [1.82, 2.24) is 5.32 Å². The van der Waals surface area contributed by atoms with Crippen LogP contribution in [0.2, 0.25) is 0 Å². The fourth-order valence-electron chi connectivity index (χ4n) is 4.31. The summed E-state index contributed by atoms with van der Waals surface area (Å²) < 4.78 is 11.9. The van der Waals surface area contributed by atoms with Gasteiger partial charge in [-0.25, -0.2) is 0 Å². The number of rotatable bonds is 5. The Morgan fingerprint density at radius 1 is 1.29 bits per heavy atom. The van der Waals surface area contributed by atoms with Crippen molar-refractivity contribution in [1.29, 1.82) is 0 Å². The van der Waals surface area contributed by atoms with Crippen LogP contribution in [0.15, 0.2) is 54.6 Å². The largest absolute Gasteiger partial charge is 0.550 e. The van der Waals surface area contributed by atoms with Crippen LogP contribution in [0.3, 0.4) is 0 Å². The van der Waals surface area contributed by atoms with E-state index in [9.17, 15) is 9.90 Å². The zero-order valence-electron chi connectivity index (χ0n) is 15.9. The van der Waals surface area contributed by atoms with E-state index in [4.69, 9.17) is 9.47 Å². The van der Waals surface area contributed by atoms with Gasteiger partial charge < -0.3 is 24.7 Å². The number of hydrogen-bond donors (Lipinski definition) is 1. The highest BCUT2D eigenvalue weighted by Crippen LogP contribution is 2.45. The molecule has 0 bridgehead atoms. The Hall–Kier alpha value is -2.63. The van der Waals surface area contributed by atoms with E-state index in [2.05, 4.69) is 23.5 Å². The number of benzene rings is 2. The van der Waals surface area contributed by atoms with E-state index in [0.29, 0.717) is 17.9 Å². The molecule has 0 aliphatic carbocycles. The predicted octanol–water partition coefficient (Wildman–Crippen LogP) is 2.26. The summed E-state index contributed by atoms with van der Waals surface area (Å²) in [6.45, 7) is 1.43. The van der Waals surface area contributed by atoms with Gasteiger partial charge in [0.15, 0.2) is 0 Å². The van der Waals surface area contributed by atoms with Crippen LogP contribution in [0.5, 0.6) is 5.75 Å². The Bertz CT molecular complexity index is 893. The van der Waals surface area contributed by atoms with Crippen LogP contribution in [0, 0.1) is 0 Å². The third-order valence-corrected chi connectivity index (χ3v) is 5.59. The lowest BCUT2D eigenvalue weighted by Crippen LogP contribution is -2.47. The Morgan fingerprint density at radius 3 is 2.86 bits per heavy atom. The Morgan fingerprint density at radius 2 is 2.11 bits per heavy atom. The van der Waals surface area contributed by atoms with Crippen molar-refractivity contribution in [3.8, 4) is 5.75 Å². The SMILES string of the molecule is COc1ccc(CC(=O)[O-])cc1C1=CC2(CCCNC2c2ccccc2)OC1. The van der Waals surface area contributed by atoms with Gasteiger partial charge in [-0.3, -0.25) is 0 Å². The molecule has 1 N–H and O–H groups in total. The van der Waals surface area contributed by atoms with E-state index in [-0.39, 0.29) is 12.5 Å². The maximum absolute atomic E-state index is 11.0. The van der Waals surface area contributed by atoms with Crippen molar-refractivity contribution in [3.05, 3.63) is 71.3 Å². The highest BCUT2D eigenvalue weighted by Gasteiger charge is 2.44. The minimum absolute atomic E-state index is 0.0809. The van der Waals surface area contributed by atoms with Crippen LogP contribution in [0.4, 0.5) is 0 Å². The first kappa shape index (κ1) is 18.7. The summed E-state index contributed by atoms with van der Waals surface area (Å²) in [5.74, 6) is -0.376. The molecule has 1 spiro atoms. The molecule has 2 atom stereocenters. The van der Waals surface area contributed by atoms with Crippen molar-refractivity contribution in [2.45, 2.75) is 30.9 Å². The zero-order chi connectivity index (χ0) is 19.6. The normalized spacial score (nSPS) is 24.2. The molecule has 2 heterocycles. The molecule has 5 nitrogen and oxygen atoms in total. The summed E-state index contributed by atoms with van der Waals surface area (Å²) in [5.41, 5.74) is 3.40. The molecule has 146 valence electrons. The number of piperidine rings is 1. The summed E-state index contributed by atoms with van der Waals surface area (Å²) in [5, 5.41) is 14.6. The van der Waals surface area contributed by atoms with Crippen LogP contribution in [-0.4, -0.2) is 31.8 Å². The van der Waals surface area contributed by atoms with E-state index >= 15 is 0 Å². The molecular weight excluding hydrogens is 354 g/mol. The number of ether oxygens (including phenoxy) is 2. The monoisotopic (exact) mass is 378 g/mol. The Kier molecular flexibility index (Phi) is 5.20. The van der Waals surface area contributed by atoms with Gasteiger partial charge in [0.2, 0.25) is 0 Å². The molecule has 2 aromatic carbocycles. The number of carboxylic acid groups (broad SMARTS) is 1. The van der Waals surface area contributed by atoms with E-state index in [1.54, 1.807) is 13.2 Å². The third kappa shape index (κ3) is 3.55. The number of carboxylic acids is 1. The highest BCUT2D eigenvalue weighted by molar-refractivity contribution is 5.76. The maximum atomic E-state index is 11.0. The standard InChI is InChI=1S/C23H25NO4/c1-27-20-9-8-16(13-21(25)26)12-19(20)18-14-23(28-15-18)10-5-11-24-22(23)17-6-3-2-4-7-17/h2-4,6-9,12,14,22,24H,5,10-11,13,15H2,1H3,(H,25,26)/p-1. The number of methoxy groups -OCH3 is 1. The molecule has 0 radical (unpaired) electrons. The van der Waals surface area contributed by atoms with Gasteiger partial charge in [0.1, 0.15) is 11.4 Å². The van der Waals surface area contributed by atoms with Gasteiger partial charge >= 0.3 is 0 Å². The molecule has 2 unspecified atom stereocenters. The number of aliphatic carboxylic acids is 1. The van der Waals surface area contributed by atoms with Crippen LogP contribution in [-0.2, 0) is 16.0 Å². The first-order chi connectivity index (χ1) is 13.6. The van der Waals surface area contributed by atoms with Crippen molar-refractivity contribution in [2.75, 3.05) is 20.3 Å². The Labute approximate surface area is 165 Å². The topological polar surface area (TPSA) is 70.6 Å². The Balaban J connectivity index is 1.72. The second kappa shape index (κ2) is 7.78. The first-order valence-corrected chi connectivity index (χ1v) is 9.62. The maximum Gasteiger partial charge on any atom is 0.126 e. The zero-order valence-corrected chi connectivity index (χ0v) is 15.9. The molecule has 28 heavy (non-hydrogen) atoms. The van der Waals surface area contributed by atoms with E-state index in [0.717, 1.165) is 30.5 Å². The molecule has 2 aromatic rings. The van der Waals surface area contributed by atoms with Crippen LogP contribution >= 0.6 is 0 Å². The molecule has 0 amide bonds. The minimum Gasteiger partial charge on any atom is -0.550 e. The van der Waals surface area contributed by atoms with Crippen molar-refractivity contribution >= 4 is 11.5 Å². The fraction of sp³-hybridized carbons (Fsp3) is 0.348. The van der Waals surface area contributed by atoms with Gasteiger partial charge in [0.25, 0.3) is 0 Å². The van der Waals surface area contributed by atoms with Crippen LogP contribution in [0.25, 0.3) is 5.57 Å². The molecule has 2 aliphatic heterocycles. The minimum atomic E-state index is -1.09. The van der Waals surface area contributed by atoms with E-state index < -0.39 is 11.6 Å². The van der Waals surface area contributed by atoms with Crippen LogP contribution < -0.4 is 15.2 Å². The third-order valence-electron chi connectivity index (χ3n) is 5.59. The molecule has 2 aliphatic rings. The second-order valence-electron chi connectivity index (χ2n) is 7.40. The molecule has 1 saturated heterocycles. The lowest BCUT2D eigenvalue weighted by molar-refractivity contribution is -0.304. The van der Waals surface area contributed by atoms with Gasteiger partial charge in [-0.05, 0) is 54.3 Å². The molecule has 5 heteroatoms. The first-order valence-electron chi connectivity index (χ1n) is 9.62. The molecule has 0 saturated carbocycles. The average Bonchev–Trinajstić information content (AvgIpc) is 3.12. The summed E-state index contributed by atoms with van der Waals surface area (Å²) >= 11 is 0. The number of nitrogens with one attached hydrogen (secondary N) is 1. The highest BCUT2D eigenvalue weighted by atomic mass is 16.5. The lowest BCUT2D eigenvalue weighted by Gasteiger charge is -2.40. The quantitative estimate of drug-likeness (QED) is 0.864. The molecule has 1 fully saturated rings. The predicted molar refractivity (Wildman–Crippen MR) is 105 cm³/mol. The smallest absolute Gasteiger partial charge is 0.126 e. The summed E-state index contributed by atoms with van der Waals surface area (Å²) in [6, 6.07) is 15.9. The van der Waals surface area contributed by atoms with Crippen molar-refractivity contribution in [2.24, 2.45) is 0 Å². The van der Waals surface area contributed by atoms with E-state index in [1.807, 2.05) is 30.3 Å². The summed E-state index contributed by atoms with van der Waals surface area (Å²) in [7, 11) is 1.62. The van der Waals surface area contributed by atoms with Gasteiger partial charge in [-0.2, -0.15) is 0 Å². The molecular formula is C23H24NO4-.